The largest absolute Gasteiger partial charge is 1.00 e. The fraction of sp³-hybridized carbons (Fsp3) is 0.438. The van der Waals surface area contributed by atoms with E-state index in [1.807, 2.05) is 0 Å². The molecule has 6 heterocycles. The summed E-state index contributed by atoms with van der Waals surface area (Å²) < 4.78 is 195. The van der Waals surface area contributed by atoms with E-state index in [0.717, 1.165) is 51.9 Å². The maximum atomic E-state index is 9.87. The molecule has 0 aromatic carbocycles. The number of hydrogen-bond donors (Lipinski definition) is 0. The minimum atomic E-state index is -10.7. The van der Waals surface area contributed by atoms with E-state index in [9.17, 15) is 75.5 Å². The molecule has 6 aromatic rings. The van der Waals surface area contributed by atoms with Crippen LogP contribution in [0.25, 0.3) is 22.1 Å². The van der Waals surface area contributed by atoms with Crippen LogP contribution in [0.15, 0.2) is 74.4 Å². The van der Waals surface area contributed by atoms with Gasteiger partial charge >= 0.3 is 99.0 Å². The van der Waals surface area contributed by atoms with Crippen molar-refractivity contribution in [2.75, 3.05) is 0 Å². The molecule has 0 amide bonds. The second-order valence-corrected chi connectivity index (χ2v) is 18.7. The maximum Gasteiger partial charge on any atom is -1.00 e. The van der Waals surface area contributed by atoms with E-state index in [0.29, 0.717) is 0 Å². The van der Waals surface area contributed by atoms with E-state index in [1.165, 1.54) is 35.9 Å². The summed E-state index contributed by atoms with van der Waals surface area (Å²) >= 11 is 0. The van der Waals surface area contributed by atoms with Crippen molar-refractivity contribution >= 4 is 45.5 Å². The SMILES string of the molecule is CC#N.CC#N.CCC[n+]1cc2ccc3c[n+](CCC)cn3n2c1.CCC[n+]1cc2ccc3c[n+](CCC)cn3n2c1.F[P-](F)(F)(F)(F)F.F[P-](F)(F)(F)(F)F.F[P-](F)(F)(F)(F)F.[Cl-]. The van der Waals surface area contributed by atoms with E-state index in [-0.39, 0.29) is 12.4 Å². The van der Waals surface area contributed by atoms with Crippen LogP contribution in [0.1, 0.15) is 67.2 Å². The smallest absolute Gasteiger partial charge is 1.00 e. The first-order valence-corrected chi connectivity index (χ1v) is 24.0. The number of nitrogens with zero attached hydrogens (tertiary/aromatic N) is 10. The molecule has 0 aliphatic carbocycles. The van der Waals surface area contributed by atoms with Gasteiger partial charge in [0.15, 0.2) is 0 Å². The zero-order valence-electron chi connectivity index (χ0n) is 34.6. The van der Waals surface area contributed by atoms with E-state index in [4.69, 9.17) is 10.5 Å². The third kappa shape index (κ3) is 34.1. The van der Waals surface area contributed by atoms with E-state index in [1.54, 1.807) is 12.1 Å². The molecule has 0 atom stereocenters. The number of halogens is 19. The van der Waals surface area contributed by atoms with Crippen LogP contribution in [0, 0.1) is 22.7 Å². The van der Waals surface area contributed by atoms with Gasteiger partial charge in [-0.2, -0.15) is 10.5 Å². The van der Waals surface area contributed by atoms with Crippen LogP contribution in [0.4, 0.5) is 75.5 Å². The molecule has 6 aromatic heterocycles. The molecule has 0 saturated heterocycles. The minimum Gasteiger partial charge on any atom is -1.00 e. The summed E-state index contributed by atoms with van der Waals surface area (Å²) in [7, 11) is -32.0. The Morgan fingerprint density at radius 3 is 0.625 bits per heavy atom. The molecule has 0 spiro atoms. The minimum absolute atomic E-state index is 0. The third-order valence-corrected chi connectivity index (χ3v) is 6.52. The summed E-state index contributed by atoms with van der Waals surface area (Å²) in [5.74, 6) is 0. The summed E-state index contributed by atoms with van der Waals surface area (Å²) in [6.45, 7) is 16.0. The zero-order chi connectivity index (χ0) is 49.7. The molecule has 32 heteroatoms. The van der Waals surface area contributed by atoms with Crippen molar-refractivity contribution in [1.29, 1.82) is 10.5 Å². The van der Waals surface area contributed by atoms with Crippen LogP contribution in [0.5, 0.6) is 0 Å². The van der Waals surface area contributed by atoms with Gasteiger partial charge in [-0.25, -0.2) is 18.3 Å². The number of aryl methyl sites for hydroxylation is 4. The van der Waals surface area contributed by atoms with Gasteiger partial charge in [-0.3, -0.25) is 0 Å². The maximum absolute atomic E-state index is 10.7. The monoisotopic (exact) mass is 1040 g/mol. The molecule has 64 heavy (non-hydrogen) atoms. The Balaban J connectivity index is 0. The van der Waals surface area contributed by atoms with Crippen molar-refractivity contribution in [3.63, 3.8) is 0 Å². The third-order valence-electron chi connectivity index (χ3n) is 6.52. The first kappa shape index (κ1) is 61.7. The van der Waals surface area contributed by atoms with Gasteiger partial charge in [0.1, 0.15) is 24.8 Å². The number of nitriles is 2. The van der Waals surface area contributed by atoms with Gasteiger partial charge in [-0.1, -0.05) is 27.7 Å². The number of rotatable bonds is 8. The Hall–Kier alpha value is -4.38. The molecule has 0 fully saturated rings. The summed E-state index contributed by atoms with van der Waals surface area (Å²) in [5.41, 5.74) is 4.93. The summed E-state index contributed by atoms with van der Waals surface area (Å²) in [5, 5.41) is 14.6. The quantitative estimate of drug-likeness (QED) is 0.0865. The van der Waals surface area contributed by atoms with Crippen LogP contribution in [-0.4, -0.2) is 18.1 Å². The molecule has 6 rings (SSSR count). The predicted molar refractivity (Wildman–Crippen MR) is 202 cm³/mol. The van der Waals surface area contributed by atoms with Gasteiger partial charge in [0, 0.05) is 13.8 Å². The van der Waals surface area contributed by atoms with Gasteiger partial charge < -0.3 is 12.4 Å². The van der Waals surface area contributed by atoms with Gasteiger partial charge in [0.05, 0.1) is 38.3 Å². The van der Waals surface area contributed by atoms with E-state index >= 15 is 0 Å². The molecule has 0 aliphatic heterocycles. The summed E-state index contributed by atoms with van der Waals surface area (Å²) in [6, 6.07) is 12.2. The summed E-state index contributed by atoms with van der Waals surface area (Å²) in [6.07, 6.45) is 22.1. The Labute approximate surface area is 359 Å². The van der Waals surface area contributed by atoms with Gasteiger partial charge in [-0.05, 0) is 68.0 Å². The molecule has 0 N–H and O–H groups in total. The molecule has 0 unspecified atom stereocenters. The molecule has 0 radical (unpaired) electrons. The first-order chi connectivity index (χ1) is 27.8. The van der Waals surface area contributed by atoms with Crippen LogP contribution in [0.3, 0.4) is 0 Å². The van der Waals surface area contributed by atoms with Crippen molar-refractivity contribution in [1.82, 2.24) is 18.1 Å². The fourth-order valence-electron chi connectivity index (χ4n) is 4.94. The second kappa shape index (κ2) is 20.0. The molecule has 10 nitrogen and oxygen atoms in total. The van der Waals surface area contributed by atoms with Crippen molar-refractivity contribution in [2.45, 2.75) is 93.4 Å². The van der Waals surface area contributed by atoms with E-state index < -0.39 is 23.4 Å². The van der Waals surface area contributed by atoms with Crippen LogP contribution >= 0.6 is 23.4 Å². The van der Waals surface area contributed by atoms with Crippen LogP contribution in [0.2, 0.25) is 0 Å². The van der Waals surface area contributed by atoms with Crippen LogP contribution < -0.4 is 30.7 Å². The molecular formula is C32H46ClF18N10P3. The average molecular weight is 1040 g/mol. The Bertz CT molecular complexity index is 2150. The average Bonchev–Trinajstić information content (AvgIpc) is 3.82. The molecule has 372 valence electrons. The van der Waals surface area contributed by atoms with Crippen molar-refractivity contribution in [3.05, 3.63) is 74.4 Å². The summed E-state index contributed by atoms with van der Waals surface area (Å²) in [4.78, 5) is 0. The van der Waals surface area contributed by atoms with Crippen molar-refractivity contribution in [2.24, 2.45) is 0 Å². The predicted octanol–water partition coefficient (Wildman–Crippen LogP) is 11.4. The first-order valence-electron chi connectivity index (χ1n) is 18.0. The van der Waals surface area contributed by atoms with Crippen molar-refractivity contribution in [3.8, 4) is 12.1 Å². The number of hydrogen-bond acceptors (Lipinski definition) is 2. The molecule has 0 bridgehead atoms. The molecule has 0 aliphatic rings. The number of imidazole rings is 4. The normalized spacial score (nSPS) is 14.4. The molecule has 0 saturated carbocycles. The fourth-order valence-corrected chi connectivity index (χ4v) is 4.94. The Morgan fingerprint density at radius 2 is 0.516 bits per heavy atom. The van der Waals surface area contributed by atoms with Gasteiger partial charge in [0.2, 0.25) is 22.1 Å². The zero-order valence-corrected chi connectivity index (χ0v) is 38.0. The molecular weight excluding hydrogens is 995 g/mol. The van der Waals surface area contributed by atoms with Gasteiger partial charge in [-0.15, -0.1) is 0 Å². The second-order valence-electron chi connectivity index (χ2n) is 13.0. The van der Waals surface area contributed by atoms with Crippen LogP contribution in [-0.2, 0) is 26.2 Å². The topological polar surface area (TPSA) is 80.7 Å². The van der Waals surface area contributed by atoms with E-state index in [2.05, 4.69) is 138 Å². The Kier molecular flexibility index (Phi) is 19.3. The number of fused-ring (bicyclic) bond motifs is 6. The standard InChI is InChI=1S/2C14H20N4.2C2H3N.ClH.3F6P/c2*1-3-7-15-9-13-5-6-14-10-16(8-4-2)12-18(14)17(13)11-15;2*1-2-3;;3*1-7(2,3,4,5)6/h2*5-6,9-12H,3-4,7-8H2,1-2H3;2*1H3;1H;;;/q2*+2;;;;3*-1/p-1. The van der Waals surface area contributed by atoms with Gasteiger partial charge in [0.25, 0.3) is 25.3 Å². The van der Waals surface area contributed by atoms with Crippen molar-refractivity contribution < 1.29 is 106 Å². The Morgan fingerprint density at radius 1 is 0.391 bits per heavy atom. The number of aromatic nitrogens is 8.